The van der Waals surface area contributed by atoms with Crippen LogP contribution >= 0.6 is 0 Å². The van der Waals surface area contributed by atoms with Gasteiger partial charge in [0.15, 0.2) is 11.5 Å². The van der Waals surface area contributed by atoms with Crippen molar-refractivity contribution in [3.8, 4) is 33.9 Å². The summed E-state index contributed by atoms with van der Waals surface area (Å²) in [4.78, 5) is 29.8. The molecule has 0 unspecified atom stereocenters. The smallest absolute Gasteiger partial charge is 0.224 e. The average molecular weight is 627 g/mol. The minimum absolute atomic E-state index is 0.0413. The normalized spacial score (nSPS) is 12.2. The lowest BCUT2D eigenvalue weighted by molar-refractivity contribution is -0.117. The number of aromatic amines is 2. The Hall–Kier alpha value is -5.01. The lowest BCUT2D eigenvalue weighted by Gasteiger charge is -2.17. The van der Waals surface area contributed by atoms with Crippen LogP contribution in [0.3, 0.4) is 0 Å². The van der Waals surface area contributed by atoms with E-state index in [-0.39, 0.29) is 17.9 Å². The summed E-state index contributed by atoms with van der Waals surface area (Å²) in [5, 5.41) is 10.4. The number of nitrogens with one attached hydrogen (secondary N) is 4. The second-order valence-electron chi connectivity index (χ2n) is 12.1. The van der Waals surface area contributed by atoms with Crippen molar-refractivity contribution in [2.45, 2.75) is 33.7 Å². The Kier molecular flexibility index (Phi) is 7.67. The van der Waals surface area contributed by atoms with Gasteiger partial charge in [-0.25, -0.2) is 27.5 Å². The first-order valence-corrected chi connectivity index (χ1v) is 16.0. The number of amides is 1. The highest BCUT2D eigenvalue weighted by molar-refractivity contribution is 7.88. The van der Waals surface area contributed by atoms with Crippen molar-refractivity contribution in [2.75, 3.05) is 11.6 Å². The van der Waals surface area contributed by atoms with Gasteiger partial charge in [-0.15, -0.1) is 0 Å². The number of aromatic nitrogens is 6. The van der Waals surface area contributed by atoms with Crippen molar-refractivity contribution in [1.82, 2.24) is 34.9 Å². The van der Waals surface area contributed by atoms with Gasteiger partial charge in [0, 0.05) is 30.3 Å². The zero-order valence-electron chi connectivity index (χ0n) is 25.1. The third-order valence-electron chi connectivity index (χ3n) is 6.96. The quantitative estimate of drug-likeness (QED) is 0.166. The molecule has 0 spiro atoms. The molecule has 230 valence electrons. The van der Waals surface area contributed by atoms with Crippen LogP contribution in [0.25, 0.3) is 56.0 Å². The number of rotatable bonds is 8. The number of carbonyl (C=O) groups is 1. The number of H-pyrrole nitrogens is 2. The molecule has 4 aromatic heterocycles. The highest BCUT2D eigenvalue weighted by Crippen LogP contribution is 2.33. The number of anilines is 1. The van der Waals surface area contributed by atoms with E-state index in [4.69, 9.17) is 9.97 Å². The van der Waals surface area contributed by atoms with Gasteiger partial charge in [-0.05, 0) is 59.0 Å². The van der Waals surface area contributed by atoms with Crippen molar-refractivity contribution in [3.05, 3.63) is 78.4 Å². The third kappa shape index (κ3) is 6.89. The summed E-state index contributed by atoms with van der Waals surface area (Å²) in [6, 6.07) is 15.5. The largest absolute Gasteiger partial charge is 0.336 e. The summed E-state index contributed by atoms with van der Waals surface area (Å²) in [7, 11) is -3.45. The molecule has 6 rings (SSSR count). The maximum absolute atomic E-state index is 14.6. The van der Waals surface area contributed by atoms with Gasteiger partial charge < -0.3 is 10.3 Å². The lowest BCUT2D eigenvalue weighted by atomic mass is 9.92. The Morgan fingerprint density at radius 2 is 1.78 bits per heavy atom. The molecule has 4 N–H and O–H groups in total. The highest BCUT2D eigenvalue weighted by atomic mass is 32.2. The molecule has 6 aromatic rings. The monoisotopic (exact) mass is 626 g/mol. The van der Waals surface area contributed by atoms with E-state index in [0.717, 1.165) is 11.8 Å². The second kappa shape index (κ2) is 11.5. The molecule has 0 bridgehead atoms. The summed E-state index contributed by atoms with van der Waals surface area (Å²) in [5.41, 5.74) is 6.56. The van der Waals surface area contributed by atoms with Crippen molar-refractivity contribution < 1.29 is 17.6 Å². The molecule has 0 radical (unpaired) electrons. The van der Waals surface area contributed by atoms with E-state index in [0.29, 0.717) is 68.1 Å². The summed E-state index contributed by atoms with van der Waals surface area (Å²) in [6.45, 7) is 5.97. The van der Waals surface area contributed by atoms with E-state index in [1.54, 1.807) is 18.5 Å². The molecule has 1 amide bonds. The number of fused-ring (bicyclic) bond motifs is 2. The molecule has 13 heteroatoms. The molecule has 0 fully saturated rings. The van der Waals surface area contributed by atoms with E-state index >= 15 is 0 Å². The Morgan fingerprint density at radius 1 is 0.956 bits per heavy atom. The molecule has 0 aliphatic rings. The molecule has 2 aromatic carbocycles. The van der Waals surface area contributed by atoms with Gasteiger partial charge in [0.25, 0.3) is 0 Å². The number of hydrogen-bond donors (Lipinski definition) is 4. The van der Waals surface area contributed by atoms with Crippen LogP contribution in [0.4, 0.5) is 10.1 Å². The zero-order valence-corrected chi connectivity index (χ0v) is 25.9. The van der Waals surface area contributed by atoms with Gasteiger partial charge in [0.05, 0.1) is 40.4 Å². The second-order valence-corrected chi connectivity index (χ2v) is 14.0. The van der Waals surface area contributed by atoms with Gasteiger partial charge in [0.2, 0.25) is 15.9 Å². The van der Waals surface area contributed by atoms with Crippen LogP contribution < -0.4 is 10.0 Å². The minimum atomic E-state index is -3.45. The summed E-state index contributed by atoms with van der Waals surface area (Å²) < 4.78 is 40.2. The fourth-order valence-corrected chi connectivity index (χ4v) is 5.49. The van der Waals surface area contributed by atoms with E-state index < -0.39 is 15.8 Å². The molecule has 0 aliphatic carbocycles. The summed E-state index contributed by atoms with van der Waals surface area (Å²) >= 11 is 0. The van der Waals surface area contributed by atoms with Crippen LogP contribution in [0.1, 0.15) is 32.8 Å². The minimum Gasteiger partial charge on any atom is -0.336 e. The molecular formula is C32H31FN8O3S. The molecule has 0 saturated carbocycles. The lowest BCUT2D eigenvalue weighted by Crippen LogP contribution is -2.21. The van der Waals surface area contributed by atoms with Gasteiger partial charge in [-0.2, -0.15) is 5.10 Å². The molecule has 45 heavy (non-hydrogen) atoms. The van der Waals surface area contributed by atoms with Gasteiger partial charge >= 0.3 is 0 Å². The van der Waals surface area contributed by atoms with E-state index in [2.05, 4.69) is 30.2 Å². The third-order valence-corrected chi connectivity index (χ3v) is 7.63. The van der Waals surface area contributed by atoms with Crippen LogP contribution in [0, 0.1) is 11.2 Å². The fraction of sp³-hybridized carbons (Fsp3) is 0.219. The van der Waals surface area contributed by atoms with E-state index in [1.165, 1.54) is 12.1 Å². The number of carbonyl (C=O) groups excluding carboxylic acids is 1. The number of imidazole rings is 1. The number of nitrogens with zero attached hydrogens (tertiary/aromatic N) is 4. The van der Waals surface area contributed by atoms with Gasteiger partial charge in [-0.1, -0.05) is 32.9 Å². The van der Waals surface area contributed by atoms with E-state index in [9.17, 15) is 17.6 Å². The van der Waals surface area contributed by atoms with Crippen molar-refractivity contribution >= 4 is 43.7 Å². The average Bonchev–Trinajstić information content (AvgIpc) is 3.58. The predicted octanol–water partition coefficient (Wildman–Crippen LogP) is 5.79. The van der Waals surface area contributed by atoms with Gasteiger partial charge in [-0.3, -0.25) is 14.9 Å². The Bertz CT molecular complexity index is 2180. The highest BCUT2D eigenvalue weighted by Gasteiger charge is 2.19. The molecule has 11 nitrogen and oxygen atoms in total. The Balaban J connectivity index is 1.34. The van der Waals surface area contributed by atoms with Crippen molar-refractivity contribution in [1.29, 1.82) is 0 Å². The van der Waals surface area contributed by atoms with Crippen LogP contribution in [0.15, 0.2) is 67.0 Å². The number of sulfonamides is 1. The number of para-hydroxylation sites is 1. The summed E-state index contributed by atoms with van der Waals surface area (Å²) in [5.74, 6) is -0.121. The molecule has 0 atom stereocenters. The number of pyridine rings is 2. The predicted molar refractivity (Wildman–Crippen MR) is 172 cm³/mol. The first-order valence-electron chi connectivity index (χ1n) is 14.2. The SMILES string of the molecule is CC(C)(C)CC(=O)Nc1cncc(-c2ccc3[nH]nc(-c4nc5c(-c6cc(F)cc(CNS(C)(=O)=O)c6)cccc5[nH]4)c3n2)c1. The standard InChI is InChI=1S/C32H31FN8O3S/c1-32(2,3)14-27(42)36-22-13-20(16-34-17-22)24-8-9-26-29(37-24)30(41-40-26)31-38-25-7-5-6-23(28(25)39-31)19-10-18(11-21(33)12-19)15-35-45(4,43)44/h5-13,16-17,35H,14-15H2,1-4H3,(H,36,42)(H,38,39)(H,40,41). The first-order chi connectivity index (χ1) is 21.3. The molecule has 0 saturated heterocycles. The number of benzene rings is 2. The fourth-order valence-electron chi connectivity index (χ4n) is 5.06. The van der Waals surface area contributed by atoms with Crippen molar-refractivity contribution in [3.63, 3.8) is 0 Å². The van der Waals surface area contributed by atoms with Crippen LogP contribution in [-0.4, -0.2) is 50.7 Å². The van der Waals surface area contributed by atoms with Crippen LogP contribution in [-0.2, 0) is 21.4 Å². The number of hydrogen-bond acceptors (Lipinski definition) is 7. The maximum atomic E-state index is 14.6. The molecule has 0 aliphatic heterocycles. The Morgan fingerprint density at radius 3 is 2.56 bits per heavy atom. The topological polar surface area (TPSA) is 158 Å². The number of halogens is 1. The van der Waals surface area contributed by atoms with Crippen LogP contribution in [0.5, 0.6) is 0 Å². The Labute approximate surface area is 258 Å². The maximum Gasteiger partial charge on any atom is 0.224 e. The summed E-state index contributed by atoms with van der Waals surface area (Å²) in [6.07, 6.45) is 4.71. The van der Waals surface area contributed by atoms with E-state index in [1.807, 2.05) is 57.2 Å². The van der Waals surface area contributed by atoms with Crippen molar-refractivity contribution in [2.24, 2.45) is 5.41 Å². The van der Waals surface area contributed by atoms with Crippen LogP contribution in [0.2, 0.25) is 0 Å². The zero-order chi connectivity index (χ0) is 31.9. The first kappa shape index (κ1) is 30.0. The molecular weight excluding hydrogens is 595 g/mol. The molecule has 4 heterocycles. The van der Waals surface area contributed by atoms with Gasteiger partial charge in [0.1, 0.15) is 11.3 Å².